The van der Waals surface area contributed by atoms with Gasteiger partial charge in [-0.25, -0.2) is 4.90 Å². The number of benzene rings is 3. The molecule has 0 aliphatic carbocycles. The fourth-order valence-electron chi connectivity index (χ4n) is 4.32. The minimum Gasteiger partial charge on any atom is -0.497 e. The van der Waals surface area contributed by atoms with Crippen LogP contribution >= 0.6 is 0 Å². The lowest BCUT2D eigenvalue weighted by Crippen LogP contribution is -2.46. The second kappa shape index (κ2) is 10.4. The minimum absolute atomic E-state index is 0.0921. The standard InChI is InChI=1S/C28H28N2O5/c1-4-35-24-16-12-22(13-17-24)30-26(31)18-25(28(30)33)29(19(2)20-8-6-5-7-9-20)27(32)21-10-14-23(34-3)15-11-21/h5-17,19,25H,4,18H2,1-3H3. The summed E-state index contributed by atoms with van der Waals surface area (Å²) < 4.78 is 10.7. The number of anilines is 1. The van der Waals surface area contributed by atoms with Gasteiger partial charge < -0.3 is 14.4 Å². The molecule has 3 amide bonds. The van der Waals surface area contributed by atoms with Crippen LogP contribution in [0.4, 0.5) is 5.69 Å². The molecule has 35 heavy (non-hydrogen) atoms. The van der Waals surface area contributed by atoms with Gasteiger partial charge in [0.05, 0.1) is 31.9 Å². The Labute approximate surface area is 204 Å². The summed E-state index contributed by atoms with van der Waals surface area (Å²) in [5.41, 5.74) is 1.73. The SMILES string of the molecule is CCOc1ccc(N2C(=O)CC(N(C(=O)c3ccc(OC)cc3)C(C)c3ccccc3)C2=O)cc1. The van der Waals surface area contributed by atoms with Crippen LogP contribution in [0.15, 0.2) is 78.9 Å². The van der Waals surface area contributed by atoms with Gasteiger partial charge in [-0.05, 0) is 67.9 Å². The highest BCUT2D eigenvalue weighted by Gasteiger charge is 2.46. The normalized spacial score (nSPS) is 16.2. The van der Waals surface area contributed by atoms with Gasteiger partial charge in [-0.2, -0.15) is 0 Å². The number of rotatable bonds is 8. The molecule has 1 saturated heterocycles. The van der Waals surface area contributed by atoms with E-state index in [0.717, 1.165) is 10.5 Å². The van der Waals surface area contributed by atoms with Crippen molar-refractivity contribution in [1.29, 1.82) is 0 Å². The maximum absolute atomic E-state index is 13.7. The topological polar surface area (TPSA) is 76.2 Å². The Balaban J connectivity index is 1.69. The number of amides is 3. The van der Waals surface area contributed by atoms with E-state index in [0.29, 0.717) is 29.4 Å². The van der Waals surface area contributed by atoms with Crippen molar-refractivity contribution in [2.24, 2.45) is 0 Å². The lowest BCUT2D eigenvalue weighted by Gasteiger charge is -2.33. The third-order valence-electron chi connectivity index (χ3n) is 6.14. The van der Waals surface area contributed by atoms with E-state index < -0.39 is 18.0 Å². The summed E-state index contributed by atoms with van der Waals surface area (Å²) in [6.45, 7) is 4.27. The zero-order chi connectivity index (χ0) is 24.9. The van der Waals surface area contributed by atoms with E-state index in [2.05, 4.69) is 0 Å². The summed E-state index contributed by atoms with van der Waals surface area (Å²) in [4.78, 5) is 43.1. The van der Waals surface area contributed by atoms with Crippen molar-refractivity contribution >= 4 is 23.4 Å². The molecule has 7 heteroatoms. The molecule has 2 unspecified atom stereocenters. The first-order valence-electron chi connectivity index (χ1n) is 11.6. The Kier molecular flexibility index (Phi) is 7.15. The molecule has 1 fully saturated rings. The van der Waals surface area contributed by atoms with Crippen molar-refractivity contribution in [2.45, 2.75) is 32.4 Å². The van der Waals surface area contributed by atoms with E-state index in [1.807, 2.05) is 44.2 Å². The average molecular weight is 473 g/mol. The quantitative estimate of drug-likeness (QED) is 0.447. The molecule has 0 N–H and O–H groups in total. The highest BCUT2D eigenvalue weighted by atomic mass is 16.5. The molecule has 1 aliphatic rings. The van der Waals surface area contributed by atoms with Gasteiger partial charge in [0.25, 0.3) is 11.8 Å². The average Bonchev–Trinajstić information content (AvgIpc) is 3.18. The highest BCUT2D eigenvalue weighted by molar-refractivity contribution is 6.23. The number of hydrogen-bond donors (Lipinski definition) is 0. The molecule has 0 saturated carbocycles. The number of ether oxygens (including phenoxy) is 2. The summed E-state index contributed by atoms with van der Waals surface area (Å²) >= 11 is 0. The predicted molar refractivity (Wildman–Crippen MR) is 133 cm³/mol. The van der Waals surface area contributed by atoms with E-state index in [1.165, 1.54) is 4.90 Å². The van der Waals surface area contributed by atoms with Crippen LogP contribution in [0.3, 0.4) is 0 Å². The maximum atomic E-state index is 13.7. The molecule has 180 valence electrons. The van der Waals surface area contributed by atoms with Crippen molar-refractivity contribution in [2.75, 3.05) is 18.6 Å². The molecule has 0 spiro atoms. The molecule has 0 aromatic heterocycles. The van der Waals surface area contributed by atoms with Gasteiger partial charge in [0.1, 0.15) is 17.5 Å². The van der Waals surface area contributed by atoms with Gasteiger partial charge in [0, 0.05) is 5.56 Å². The van der Waals surface area contributed by atoms with Crippen LogP contribution < -0.4 is 14.4 Å². The molecular weight excluding hydrogens is 444 g/mol. The molecular formula is C28H28N2O5. The summed E-state index contributed by atoms with van der Waals surface area (Å²) in [5.74, 6) is 0.170. The van der Waals surface area contributed by atoms with Crippen LogP contribution in [0.5, 0.6) is 11.5 Å². The lowest BCUT2D eigenvalue weighted by atomic mass is 10.0. The van der Waals surface area contributed by atoms with E-state index in [9.17, 15) is 14.4 Å². The first-order valence-corrected chi connectivity index (χ1v) is 11.6. The van der Waals surface area contributed by atoms with Crippen LogP contribution in [-0.2, 0) is 9.59 Å². The molecule has 3 aromatic carbocycles. The molecule has 0 radical (unpaired) electrons. The second-order valence-electron chi connectivity index (χ2n) is 8.24. The van der Waals surface area contributed by atoms with E-state index in [1.54, 1.807) is 55.6 Å². The number of imide groups is 1. The molecule has 1 aliphatic heterocycles. The smallest absolute Gasteiger partial charge is 0.257 e. The van der Waals surface area contributed by atoms with Crippen molar-refractivity contribution in [3.05, 3.63) is 90.0 Å². The van der Waals surface area contributed by atoms with Crippen molar-refractivity contribution in [3.8, 4) is 11.5 Å². The predicted octanol–water partition coefficient (Wildman–Crippen LogP) is 4.63. The Morgan fingerprint density at radius 3 is 2.20 bits per heavy atom. The zero-order valence-electron chi connectivity index (χ0n) is 20.0. The zero-order valence-corrected chi connectivity index (χ0v) is 20.0. The molecule has 2 atom stereocenters. The number of carbonyl (C=O) groups is 3. The Hall–Kier alpha value is -4.13. The lowest BCUT2D eigenvalue weighted by molar-refractivity contribution is -0.122. The number of hydrogen-bond acceptors (Lipinski definition) is 5. The fourth-order valence-corrected chi connectivity index (χ4v) is 4.32. The van der Waals surface area contributed by atoms with E-state index in [4.69, 9.17) is 9.47 Å². The highest BCUT2D eigenvalue weighted by Crippen LogP contribution is 2.33. The first kappa shape index (κ1) is 24.0. The molecule has 1 heterocycles. The maximum Gasteiger partial charge on any atom is 0.257 e. The van der Waals surface area contributed by atoms with Gasteiger partial charge in [0.15, 0.2) is 0 Å². The molecule has 7 nitrogen and oxygen atoms in total. The first-order chi connectivity index (χ1) is 16.9. The van der Waals surface area contributed by atoms with Crippen molar-refractivity contribution < 1.29 is 23.9 Å². The summed E-state index contributed by atoms with van der Waals surface area (Å²) in [6.07, 6.45) is -0.0921. The van der Waals surface area contributed by atoms with Crippen LogP contribution in [0.1, 0.15) is 42.2 Å². The third kappa shape index (κ3) is 4.89. The Bertz CT molecular complexity index is 1190. The van der Waals surface area contributed by atoms with Crippen LogP contribution in [0.2, 0.25) is 0 Å². The largest absolute Gasteiger partial charge is 0.497 e. The van der Waals surface area contributed by atoms with E-state index >= 15 is 0 Å². The Morgan fingerprint density at radius 1 is 0.971 bits per heavy atom. The van der Waals surface area contributed by atoms with Gasteiger partial charge in [-0.15, -0.1) is 0 Å². The van der Waals surface area contributed by atoms with Gasteiger partial charge in [-0.1, -0.05) is 30.3 Å². The van der Waals surface area contributed by atoms with Crippen molar-refractivity contribution in [3.63, 3.8) is 0 Å². The van der Waals surface area contributed by atoms with Crippen LogP contribution in [-0.4, -0.2) is 42.4 Å². The van der Waals surface area contributed by atoms with Crippen LogP contribution in [0, 0.1) is 0 Å². The second-order valence-corrected chi connectivity index (χ2v) is 8.24. The minimum atomic E-state index is -0.932. The number of methoxy groups -OCH3 is 1. The number of carbonyl (C=O) groups excluding carboxylic acids is 3. The summed E-state index contributed by atoms with van der Waals surface area (Å²) in [6, 6.07) is 21.6. The van der Waals surface area contributed by atoms with E-state index in [-0.39, 0.29) is 18.2 Å². The molecule has 0 bridgehead atoms. The van der Waals surface area contributed by atoms with Crippen molar-refractivity contribution in [1.82, 2.24) is 4.90 Å². The fraction of sp³-hybridized carbons (Fsp3) is 0.250. The number of nitrogens with zero attached hydrogens (tertiary/aromatic N) is 2. The Morgan fingerprint density at radius 2 is 1.60 bits per heavy atom. The van der Waals surface area contributed by atoms with Gasteiger partial charge in [0.2, 0.25) is 5.91 Å². The van der Waals surface area contributed by atoms with Gasteiger partial charge in [-0.3, -0.25) is 14.4 Å². The monoisotopic (exact) mass is 472 g/mol. The van der Waals surface area contributed by atoms with Gasteiger partial charge >= 0.3 is 0 Å². The molecule has 4 rings (SSSR count). The molecule has 3 aromatic rings. The summed E-state index contributed by atoms with van der Waals surface area (Å²) in [7, 11) is 1.55. The van der Waals surface area contributed by atoms with Crippen LogP contribution in [0.25, 0.3) is 0 Å². The summed E-state index contributed by atoms with van der Waals surface area (Å²) in [5, 5.41) is 0. The third-order valence-corrected chi connectivity index (χ3v) is 6.14.